The van der Waals surface area contributed by atoms with Crippen LogP contribution in [-0.2, 0) is 36.9 Å². The number of halogens is 1. The second kappa shape index (κ2) is 16.0. The Balaban J connectivity index is 0.00000128. The van der Waals surface area contributed by atoms with E-state index in [4.69, 9.17) is 25.4 Å². The van der Waals surface area contributed by atoms with Gasteiger partial charge in [0.1, 0.15) is 35.1 Å². The third kappa shape index (κ3) is 9.47. The number of nitrogens with one attached hydrogen (secondary N) is 2. The topological polar surface area (TPSA) is 201 Å². The number of nitrogens with two attached hydrogens (primary N) is 1. The first kappa shape index (κ1) is 37.6. The molecule has 14 nitrogen and oxygen atoms in total. The van der Waals surface area contributed by atoms with Crippen molar-refractivity contribution in [2.24, 2.45) is 11.7 Å². The summed E-state index contributed by atoms with van der Waals surface area (Å²) in [7, 11) is 0. The minimum absolute atomic E-state index is 0.0348. The molecule has 270 valence electrons. The quantitative estimate of drug-likeness (QED) is 0.293. The Morgan fingerprint density at radius 3 is 2.51 bits per heavy atom. The van der Waals surface area contributed by atoms with Gasteiger partial charge in [-0.15, -0.1) is 0 Å². The van der Waals surface area contributed by atoms with Crippen molar-refractivity contribution in [2.75, 3.05) is 19.8 Å². The first-order valence-electron chi connectivity index (χ1n) is 16.7. The summed E-state index contributed by atoms with van der Waals surface area (Å²) in [6, 6.07) is 2.56. The molecule has 5 amide bonds. The molecular weight excluding hydrogens is 641 g/mol. The van der Waals surface area contributed by atoms with Crippen molar-refractivity contribution >= 4 is 29.9 Å². The van der Waals surface area contributed by atoms with E-state index in [0.717, 1.165) is 19.3 Å². The lowest BCUT2D eigenvalue weighted by molar-refractivity contribution is -0.141. The molecule has 1 saturated heterocycles. The molecule has 6 N–H and O–H groups in total. The van der Waals surface area contributed by atoms with Gasteiger partial charge in [0, 0.05) is 24.4 Å². The molecule has 0 aromatic heterocycles. The SMILES string of the molecule is CC(C)(C)OC(=O)N[C@H]1CCCCC/C=C\[C@@H]2C[C@@]2(C(N)=O)NC(=O)[C@@H]2C[C@@H](OC(=O)N3Cc4cccc(F)c4C3)CN2C1=O.OCCO. The Kier molecular flexibility index (Phi) is 12.3. The van der Waals surface area contributed by atoms with Crippen molar-refractivity contribution in [3.63, 3.8) is 0 Å². The van der Waals surface area contributed by atoms with Crippen molar-refractivity contribution < 1.29 is 48.0 Å². The van der Waals surface area contributed by atoms with Crippen LogP contribution in [-0.4, -0.2) is 99.0 Å². The van der Waals surface area contributed by atoms with Gasteiger partial charge in [-0.3, -0.25) is 19.3 Å². The van der Waals surface area contributed by atoms with E-state index in [0.29, 0.717) is 30.4 Å². The number of rotatable bonds is 4. The molecule has 4 aliphatic rings. The summed E-state index contributed by atoms with van der Waals surface area (Å²) in [4.78, 5) is 68.9. The zero-order chi connectivity index (χ0) is 35.9. The molecule has 3 aliphatic heterocycles. The van der Waals surface area contributed by atoms with E-state index in [1.54, 1.807) is 32.9 Å². The number of nitrogens with zero attached hydrogens (tertiary/aromatic N) is 2. The number of amides is 5. The normalized spacial score (nSPS) is 27.5. The standard InChI is InChI=1S/C32H42FN5O7.C2H6O2/c1-31(2,3)45-29(42)35-24-13-8-6-4-5-7-11-20-15-32(20,28(34)41)36-26(39)25-14-21(17-38(25)27(24)40)44-30(43)37-16-19-10-9-12-23(33)22(19)18-37;3-1-2-4/h7,9-12,20-21,24-25H,4-6,8,13-18H2,1-3H3,(H2,34,41)(H,35,42)(H,36,39);3-4H,1-2H2/b11-7-;/t20-,21-,24+,25+,32-;/m1./s1. The maximum Gasteiger partial charge on any atom is 0.410 e. The number of alkyl carbamates (subject to hydrolysis) is 1. The van der Waals surface area contributed by atoms with E-state index in [1.807, 2.05) is 12.2 Å². The monoisotopic (exact) mass is 689 g/mol. The van der Waals surface area contributed by atoms with Crippen molar-refractivity contribution in [1.82, 2.24) is 20.4 Å². The molecule has 15 heteroatoms. The summed E-state index contributed by atoms with van der Waals surface area (Å²) in [6.07, 6.45) is 5.17. The van der Waals surface area contributed by atoms with Crippen LogP contribution in [0.1, 0.15) is 76.8 Å². The van der Waals surface area contributed by atoms with E-state index >= 15 is 0 Å². The lowest BCUT2D eigenvalue weighted by Gasteiger charge is -2.30. The van der Waals surface area contributed by atoms with E-state index in [9.17, 15) is 28.4 Å². The lowest BCUT2D eigenvalue weighted by atomic mass is 10.0. The van der Waals surface area contributed by atoms with Gasteiger partial charge >= 0.3 is 12.2 Å². The zero-order valence-corrected chi connectivity index (χ0v) is 28.3. The highest BCUT2D eigenvalue weighted by molar-refractivity contribution is 5.97. The van der Waals surface area contributed by atoms with Gasteiger partial charge in [0.05, 0.1) is 26.3 Å². The number of aliphatic hydroxyl groups excluding tert-OH is 2. The summed E-state index contributed by atoms with van der Waals surface area (Å²) < 4.78 is 25.5. The number of hydrogen-bond donors (Lipinski definition) is 5. The third-order valence-corrected chi connectivity index (χ3v) is 8.92. The van der Waals surface area contributed by atoms with E-state index in [2.05, 4.69) is 10.6 Å². The van der Waals surface area contributed by atoms with Crippen molar-refractivity contribution in [3.05, 3.63) is 47.3 Å². The number of primary amides is 1. The predicted molar refractivity (Wildman–Crippen MR) is 174 cm³/mol. The van der Waals surface area contributed by atoms with Crippen LogP contribution < -0.4 is 16.4 Å². The molecule has 0 spiro atoms. The smallest absolute Gasteiger partial charge is 0.410 e. The Bertz CT molecular complexity index is 1430. The number of ether oxygens (including phenoxy) is 2. The molecule has 0 unspecified atom stereocenters. The number of hydrogen-bond acceptors (Lipinski definition) is 9. The predicted octanol–water partition coefficient (Wildman–Crippen LogP) is 1.99. The zero-order valence-electron chi connectivity index (χ0n) is 28.3. The largest absolute Gasteiger partial charge is 0.444 e. The fraction of sp³-hybridized carbons (Fsp3) is 0.618. The number of aliphatic hydroxyl groups is 2. The minimum Gasteiger partial charge on any atom is -0.444 e. The first-order chi connectivity index (χ1) is 23.2. The lowest BCUT2D eigenvalue weighted by Crippen LogP contribution is -2.57. The van der Waals surface area contributed by atoms with Gasteiger partial charge in [0.2, 0.25) is 17.7 Å². The second-order valence-electron chi connectivity index (χ2n) is 13.8. The number of fused-ring (bicyclic) bond motifs is 3. The van der Waals surface area contributed by atoms with Crippen LogP contribution >= 0.6 is 0 Å². The van der Waals surface area contributed by atoms with Crippen LogP contribution in [0.2, 0.25) is 0 Å². The average molecular weight is 690 g/mol. The van der Waals surface area contributed by atoms with Crippen LogP contribution in [0.5, 0.6) is 0 Å². The van der Waals surface area contributed by atoms with Gasteiger partial charge in [0.15, 0.2) is 0 Å². The van der Waals surface area contributed by atoms with Gasteiger partial charge in [-0.05, 0) is 58.1 Å². The molecule has 5 rings (SSSR count). The van der Waals surface area contributed by atoms with Crippen LogP contribution in [0.15, 0.2) is 30.4 Å². The molecule has 49 heavy (non-hydrogen) atoms. The third-order valence-electron chi connectivity index (χ3n) is 8.92. The summed E-state index contributed by atoms with van der Waals surface area (Å²) in [5, 5.41) is 20.7. The molecule has 1 saturated carbocycles. The van der Waals surface area contributed by atoms with Crippen molar-refractivity contribution in [1.29, 1.82) is 0 Å². The minimum atomic E-state index is -1.27. The number of carbonyl (C=O) groups excluding carboxylic acids is 5. The molecule has 0 radical (unpaired) electrons. The van der Waals surface area contributed by atoms with Crippen molar-refractivity contribution in [2.45, 2.75) is 108 Å². The number of carbonyl (C=O) groups is 5. The number of benzene rings is 1. The summed E-state index contributed by atoms with van der Waals surface area (Å²) in [6.45, 7) is 4.99. The highest BCUT2D eigenvalue weighted by Gasteiger charge is 2.60. The fourth-order valence-corrected chi connectivity index (χ4v) is 6.37. The average Bonchev–Trinajstić information content (AvgIpc) is 3.33. The van der Waals surface area contributed by atoms with Crippen LogP contribution in [0.25, 0.3) is 0 Å². The van der Waals surface area contributed by atoms with Crippen LogP contribution in [0, 0.1) is 11.7 Å². The summed E-state index contributed by atoms with van der Waals surface area (Å²) in [5.41, 5.74) is 4.78. The van der Waals surface area contributed by atoms with Gasteiger partial charge in [0.25, 0.3) is 0 Å². The van der Waals surface area contributed by atoms with Crippen LogP contribution in [0.3, 0.4) is 0 Å². The Morgan fingerprint density at radius 2 is 1.86 bits per heavy atom. The maximum absolute atomic E-state index is 14.3. The Hall–Kier alpha value is -4.24. The highest BCUT2D eigenvalue weighted by atomic mass is 19.1. The number of allylic oxidation sites excluding steroid dienone is 1. The van der Waals surface area contributed by atoms with Gasteiger partial charge in [-0.2, -0.15) is 0 Å². The molecule has 0 bridgehead atoms. The molecule has 2 fully saturated rings. The molecule has 1 aliphatic carbocycles. The first-order valence-corrected chi connectivity index (χ1v) is 16.7. The van der Waals surface area contributed by atoms with Crippen molar-refractivity contribution in [3.8, 4) is 0 Å². The highest BCUT2D eigenvalue weighted by Crippen LogP contribution is 2.45. The van der Waals surface area contributed by atoms with E-state index < -0.39 is 65.1 Å². The fourth-order valence-electron chi connectivity index (χ4n) is 6.37. The van der Waals surface area contributed by atoms with Gasteiger partial charge in [-0.1, -0.05) is 37.1 Å². The maximum atomic E-state index is 14.3. The van der Waals surface area contributed by atoms with Gasteiger partial charge < -0.3 is 41.0 Å². The second-order valence-corrected chi connectivity index (χ2v) is 13.8. The Labute approximate surface area is 285 Å². The molecule has 5 atom stereocenters. The molecular formula is C34H48FN5O9. The molecule has 1 aromatic carbocycles. The molecule has 1 aromatic rings. The Morgan fingerprint density at radius 1 is 1.12 bits per heavy atom. The molecule has 3 heterocycles. The summed E-state index contributed by atoms with van der Waals surface area (Å²) in [5.74, 6) is -2.46. The van der Waals surface area contributed by atoms with E-state index in [1.165, 1.54) is 15.9 Å². The van der Waals surface area contributed by atoms with Crippen LogP contribution in [0.4, 0.5) is 14.0 Å². The van der Waals surface area contributed by atoms with Gasteiger partial charge in [-0.25, -0.2) is 14.0 Å². The summed E-state index contributed by atoms with van der Waals surface area (Å²) >= 11 is 0. The van der Waals surface area contributed by atoms with E-state index in [-0.39, 0.29) is 45.2 Å².